The Labute approximate surface area is 151 Å². The molecule has 0 saturated carbocycles. The lowest BCUT2D eigenvalue weighted by atomic mass is 10.1. The molecule has 1 heterocycles. The molecule has 1 aromatic heterocycles. The van der Waals surface area contributed by atoms with Crippen molar-refractivity contribution in [1.82, 2.24) is 4.57 Å². The van der Waals surface area contributed by atoms with Crippen LogP contribution in [-0.2, 0) is 6.54 Å². The zero-order valence-corrected chi connectivity index (χ0v) is 15.5. The molecule has 130 valence electrons. The third-order valence-corrected chi connectivity index (χ3v) is 4.95. The highest BCUT2D eigenvalue weighted by Gasteiger charge is 2.09. The molecule has 0 radical (unpaired) electrons. The Morgan fingerprint density at radius 1 is 1.12 bits per heavy atom. The fraction of sp³-hybridized carbons (Fsp3) is 0.250. The van der Waals surface area contributed by atoms with Gasteiger partial charge in [-0.15, -0.1) is 11.3 Å². The second-order valence-electron chi connectivity index (χ2n) is 5.91. The molecular formula is C20H22N2O2S. The molecule has 0 saturated heterocycles. The summed E-state index contributed by atoms with van der Waals surface area (Å²) in [4.78, 5) is 5.73. The lowest BCUT2D eigenvalue weighted by Crippen LogP contribution is -2.18. The summed E-state index contributed by atoms with van der Waals surface area (Å²) in [7, 11) is 1.66. The van der Waals surface area contributed by atoms with E-state index in [0.717, 1.165) is 33.1 Å². The summed E-state index contributed by atoms with van der Waals surface area (Å²) in [6, 6.07) is 14.2. The van der Waals surface area contributed by atoms with Gasteiger partial charge in [0.05, 0.1) is 25.1 Å². The number of rotatable bonds is 5. The molecule has 0 aliphatic rings. The topological polar surface area (TPSA) is 46.8 Å². The summed E-state index contributed by atoms with van der Waals surface area (Å²) in [5.74, 6) is 0.827. The molecule has 0 unspecified atom stereocenters. The number of thiazole rings is 1. The van der Waals surface area contributed by atoms with Crippen LogP contribution in [0.5, 0.6) is 5.75 Å². The first-order chi connectivity index (χ1) is 12.1. The number of aryl methyl sites for hydroxylation is 2. The molecule has 0 bridgehead atoms. The van der Waals surface area contributed by atoms with E-state index in [1.807, 2.05) is 24.3 Å². The number of benzene rings is 2. The maximum Gasteiger partial charge on any atom is 0.190 e. The number of aromatic nitrogens is 1. The molecule has 3 aromatic rings. The number of methoxy groups -OCH3 is 1. The van der Waals surface area contributed by atoms with E-state index in [-0.39, 0.29) is 6.61 Å². The second-order valence-corrected chi connectivity index (χ2v) is 6.75. The van der Waals surface area contributed by atoms with Gasteiger partial charge in [0.1, 0.15) is 5.75 Å². The molecular weight excluding hydrogens is 332 g/mol. The first-order valence-electron chi connectivity index (χ1n) is 8.18. The average molecular weight is 354 g/mol. The minimum atomic E-state index is 0.0693. The summed E-state index contributed by atoms with van der Waals surface area (Å²) in [6.07, 6.45) is 0. The molecule has 0 fully saturated rings. The van der Waals surface area contributed by atoms with Gasteiger partial charge in [-0.2, -0.15) is 0 Å². The van der Waals surface area contributed by atoms with Crippen molar-refractivity contribution in [2.45, 2.75) is 20.4 Å². The highest BCUT2D eigenvalue weighted by Crippen LogP contribution is 2.24. The Bertz CT molecular complexity index is 924. The van der Waals surface area contributed by atoms with E-state index in [4.69, 9.17) is 9.73 Å². The maximum absolute atomic E-state index is 9.50. The lowest BCUT2D eigenvalue weighted by molar-refractivity contribution is 0.275. The van der Waals surface area contributed by atoms with Gasteiger partial charge in [0.25, 0.3) is 0 Å². The molecule has 2 aromatic carbocycles. The van der Waals surface area contributed by atoms with Crippen molar-refractivity contribution in [3.63, 3.8) is 0 Å². The van der Waals surface area contributed by atoms with Crippen molar-refractivity contribution in [3.8, 4) is 17.0 Å². The SMILES string of the molecule is COc1ccc(-c2csc(=Nc3cc(C)ccc3C)n2CCO)cc1. The van der Waals surface area contributed by atoms with Crippen molar-refractivity contribution in [2.75, 3.05) is 13.7 Å². The normalized spacial score (nSPS) is 11.8. The zero-order valence-electron chi connectivity index (χ0n) is 14.7. The summed E-state index contributed by atoms with van der Waals surface area (Å²) < 4.78 is 7.29. The Balaban J connectivity index is 2.10. The van der Waals surface area contributed by atoms with Gasteiger partial charge in [-0.05, 0) is 60.9 Å². The molecule has 0 aliphatic carbocycles. The minimum Gasteiger partial charge on any atom is -0.497 e. The second kappa shape index (κ2) is 7.68. The van der Waals surface area contributed by atoms with Crippen molar-refractivity contribution in [3.05, 3.63) is 63.8 Å². The van der Waals surface area contributed by atoms with Gasteiger partial charge in [0.2, 0.25) is 0 Å². The predicted octanol–water partition coefficient (Wildman–Crippen LogP) is 4.07. The zero-order chi connectivity index (χ0) is 17.8. The fourth-order valence-corrected chi connectivity index (χ4v) is 3.62. The van der Waals surface area contributed by atoms with Crippen molar-refractivity contribution in [2.24, 2.45) is 4.99 Å². The van der Waals surface area contributed by atoms with E-state index in [1.54, 1.807) is 18.4 Å². The summed E-state index contributed by atoms with van der Waals surface area (Å²) in [5, 5.41) is 11.6. The quantitative estimate of drug-likeness (QED) is 0.751. The third-order valence-electron chi connectivity index (χ3n) is 4.09. The Morgan fingerprint density at radius 3 is 2.56 bits per heavy atom. The van der Waals surface area contributed by atoms with Crippen LogP contribution < -0.4 is 9.54 Å². The summed E-state index contributed by atoms with van der Waals surface area (Å²) >= 11 is 1.58. The summed E-state index contributed by atoms with van der Waals surface area (Å²) in [5.41, 5.74) is 5.42. The van der Waals surface area contributed by atoms with Gasteiger partial charge in [-0.25, -0.2) is 4.99 Å². The van der Waals surface area contributed by atoms with Crippen LogP contribution in [0.3, 0.4) is 0 Å². The van der Waals surface area contributed by atoms with E-state index in [1.165, 1.54) is 5.56 Å². The fourth-order valence-electron chi connectivity index (χ4n) is 2.67. The van der Waals surface area contributed by atoms with Gasteiger partial charge in [0, 0.05) is 11.9 Å². The van der Waals surface area contributed by atoms with Crippen LogP contribution in [0.2, 0.25) is 0 Å². The number of hydrogen-bond acceptors (Lipinski definition) is 4. The van der Waals surface area contributed by atoms with Crippen LogP contribution in [-0.4, -0.2) is 23.4 Å². The van der Waals surface area contributed by atoms with E-state index in [9.17, 15) is 5.11 Å². The van der Waals surface area contributed by atoms with Crippen LogP contribution in [0.25, 0.3) is 11.3 Å². The van der Waals surface area contributed by atoms with Crippen LogP contribution in [0, 0.1) is 13.8 Å². The van der Waals surface area contributed by atoms with E-state index < -0.39 is 0 Å². The molecule has 5 heteroatoms. The van der Waals surface area contributed by atoms with E-state index >= 15 is 0 Å². The molecule has 0 amide bonds. The number of aliphatic hydroxyl groups excluding tert-OH is 1. The van der Waals surface area contributed by atoms with E-state index in [2.05, 4.69) is 42.0 Å². The number of nitrogens with zero attached hydrogens (tertiary/aromatic N) is 2. The van der Waals surface area contributed by atoms with Gasteiger partial charge in [0.15, 0.2) is 4.80 Å². The van der Waals surface area contributed by atoms with Crippen molar-refractivity contribution >= 4 is 17.0 Å². The standard InChI is InChI=1S/C20H22N2O2S/c1-14-4-5-15(2)18(12-14)21-20-22(10-11-23)19(13-25-20)16-6-8-17(24-3)9-7-16/h4-9,12-13,23H,10-11H2,1-3H3. The molecule has 0 atom stereocenters. The average Bonchev–Trinajstić information content (AvgIpc) is 3.01. The monoisotopic (exact) mass is 354 g/mol. The van der Waals surface area contributed by atoms with Gasteiger partial charge in [-0.3, -0.25) is 0 Å². The largest absolute Gasteiger partial charge is 0.497 e. The molecule has 0 spiro atoms. The number of aliphatic hydroxyl groups is 1. The van der Waals surface area contributed by atoms with Crippen LogP contribution in [0.1, 0.15) is 11.1 Å². The van der Waals surface area contributed by atoms with Crippen LogP contribution >= 0.6 is 11.3 Å². The smallest absolute Gasteiger partial charge is 0.190 e. The third kappa shape index (κ3) is 3.83. The number of hydrogen-bond donors (Lipinski definition) is 1. The minimum absolute atomic E-state index is 0.0693. The maximum atomic E-state index is 9.50. The first-order valence-corrected chi connectivity index (χ1v) is 9.06. The lowest BCUT2D eigenvalue weighted by Gasteiger charge is -2.08. The van der Waals surface area contributed by atoms with Gasteiger partial charge >= 0.3 is 0 Å². The molecule has 0 aliphatic heterocycles. The van der Waals surface area contributed by atoms with Crippen LogP contribution in [0.15, 0.2) is 52.8 Å². The van der Waals surface area contributed by atoms with Crippen molar-refractivity contribution in [1.29, 1.82) is 0 Å². The van der Waals surface area contributed by atoms with Gasteiger partial charge in [-0.1, -0.05) is 12.1 Å². The Kier molecular flexibility index (Phi) is 5.36. The molecule has 1 N–H and O–H groups in total. The molecule has 3 rings (SSSR count). The first kappa shape index (κ1) is 17.5. The summed E-state index contributed by atoms with van der Waals surface area (Å²) in [6.45, 7) is 4.71. The molecule has 4 nitrogen and oxygen atoms in total. The number of ether oxygens (including phenoxy) is 1. The van der Waals surface area contributed by atoms with Crippen LogP contribution in [0.4, 0.5) is 5.69 Å². The van der Waals surface area contributed by atoms with Crippen molar-refractivity contribution < 1.29 is 9.84 Å². The highest BCUT2D eigenvalue weighted by atomic mass is 32.1. The van der Waals surface area contributed by atoms with E-state index in [0.29, 0.717) is 6.54 Å². The Hall–Kier alpha value is -2.37. The highest BCUT2D eigenvalue weighted by molar-refractivity contribution is 7.07. The van der Waals surface area contributed by atoms with Gasteiger partial charge < -0.3 is 14.4 Å². The molecule has 25 heavy (non-hydrogen) atoms. The Morgan fingerprint density at radius 2 is 1.88 bits per heavy atom. The predicted molar refractivity (Wildman–Crippen MR) is 103 cm³/mol.